The number of allylic oxidation sites excluding steroid dienone is 1. The lowest BCUT2D eigenvalue weighted by Crippen LogP contribution is -2.32. The Kier molecular flexibility index (Phi) is 8.88. The van der Waals surface area contributed by atoms with Gasteiger partial charge in [0.2, 0.25) is 0 Å². The number of carbonyl (C=O) groups is 2. The molecule has 0 radical (unpaired) electrons. The van der Waals surface area contributed by atoms with Crippen LogP contribution in [0.2, 0.25) is 0 Å². The van der Waals surface area contributed by atoms with E-state index in [4.69, 9.17) is 4.74 Å². The smallest absolute Gasteiger partial charge is 0.154 e. The zero-order valence-electron chi connectivity index (χ0n) is 18.4. The first-order valence-electron chi connectivity index (χ1n) is 10.8. The fourth-order valence-electron chi connectivity index (χ4n) is 3.77. The van der Waals surface area contributed by atoms with E-state index < -0.39 is 5.82 Å². The summed E-state index contributed by atoms with van der Waals surface area (Å²) in [5.41, 5.74) is 4.41. The second-order valence-electron chi connectivity index (χ2n) is 7.51. The highest BCUT2D eigenvalue weighted by Crippen LogP contribution is 2.37. The fraction of sp³-hybridized carbons (Fsp3) is 0.360. The largest absolute Gasteiger partial charge is 0.487 e. The lowest BCUT2D eigenvalue weighted by molar-refractivity contribution is -0.109. The Hall–Kier alpha value is -2.64. The number of ether oxygens (including phenoxy) is 1. The number of thioether (sulfide) groups is 1. The molecule has 2 aromatic carbocycles. The topological polar surface area (TPSA) is 67.4 Å². The predicted octanol–water partition coefficient (Wildman–Crippen LogP) is 4.31. The van der Waals surface area contributed by atoms with E-state index in [0.717, 1.165) is 47.3 Å². The minimum atomic E-state index is -0.415. The van der Waals surface area contributed by atoms with Gasteiger partial charge in [0.05, 0.1) is 11.6 Å². The van der Waals surface area contributed by atoms with Gasteiger partial charge in [-0.1, -0.05) is 25.1 Å². The summed E-state index contributed by atoms with van der Waals surface area (Å²) in [7, 11) is 1.73. The molecule has 0 amide bonds. The minimum Gasteiger partial charge on any atom is -0.487 e. The van der Waals surface area contributed by atoms with Gasteiger partial charge in [-0.05, 0) is 54.7 Å². The Bertz CT molecular complexity index is 993. The second kappa shape index (κ2) is 11.8. The van der Waals surface area contributed by atoms with Gasteiger partial charge in [0, 0.05) is 29.4 Å². The van der Waals surface area contributed by atoms with Crippen LogP contribution in [-0.2, 0) is 27.4 Å². The quantitative estimate of drug-likeness (QED) is 0.282. The summed E-state index contributed by atoms with van der Waals surface area (Å²) >= 11 is 1.83. The number of fused-ring (bicyclic) bond motifs is 1. The molecular weight excluding hydrogens is 427 g/mol. The summed E-state index contributed by atoms with van der Waals surface area (Å²) in [6.07, 6.45) is 3.31. The van der Waals surface area contributed by atoms with Gasteiger partial charge in [-0.3, -0.25) is 4.79 Å². The monoisotopic (exact) mass is 456 g/mol. The molecule has 1 atom stereocenters. The third-order valence-electron chi connectivity index (χ3n) is 5.45. The van der Waals surface area contributed by atoms with E-state index >= 15 is 0 Å². The van der Waals surface area contributed by atoms with E-state index in [1.54, 1.807) is 13.1 Å². The summed E-state index contributed by atoms with van der Waals surface area (Å²) < 4.78 is 19.7. The van der Waals surface area contributed by atoms with Crippen LogP contribution in [0.1, 0.15) is 35.6 Å². The van der Waals surface area contributed by atoms with Gasteiger partial charge in [-0.2, -0.15) is 11.8 Å². The van der Waals surface area contributed by atoms with Gasteiger partial charge in [0.1, 0.15) is 24.5 Å². The lowest BCUT2D eigenvalue weighted by Gasteiger charge is -2.13. The molecule has 0 spiro atoms. The van der Waals surface area contributed by atoms with Gasteiger partial charge in [-0.15, -0.1) is 0 Å². The standard InChI is InChI=1S/C25H29FN2O3S/c1-3-32-11-9-20(14-29)28-10-8-17-4-6-21-18(12-17)16-31-25(21)23(15-30)22-13-19(26)5-7-24(22)27-2/h4-7,12-15,20,27-28H,3,8-11,16H2,1-2H3/b25-23-. The number of benzene rings is 2. The van der Waals surface area contributed by atoms with Crippen molar-refractivity contribution in [2.75, 3.05) is 30.4 Å². The first-order chi connectivity index (χ1) is 15.6. The molecule has 2 N–H and O–H groups in total. The van der Waals surface area contributed by atoms with Crippen LogP contribution in [0.3, 0.4) is 0 Å². The van der Waals surface area contributed by atoms with Crippen LogP contribution in [0.25, 0.3) is 11.3 Å². The molecule has 170 valence electrons. The molecule has 0 bridgehead atoms. The van der Waals surface area contributed by atoms with Crippen LogP contribution >= 0.6 is 11.8 Å². The van der Waals surface area contributed by atoms with Crippen molar-refractivity contribution in [3.63, 3.8) is 0 Å². The third-order valence-corrected chi connectivity index (χ3v) is 6.38. The van der Waals surface area contributed by atoms with Crippen molar-refractivity contribution >= 4 is 41.4 Å². The van der Waals surface area contributed by atoms with Crippen molar-refractivity contribution in [1.82, 2.24) is 5.32 Å². The zero-order valence-corrected chi connectivity index (χ0v) is 19.3. The molecule has 7 heteroatoms. The van der Waals surface area contributed by atoms with Crippen molar-refractivity contribution in [2.45, 2.75) is 32.4 Å². The van der Waals surface area contributed by atoms with Gasteiger partial charge in [0.15, 0.2) is 6.29 Å². The number of nitrogens with one attached hydrogen (secondary N) is 2. The number of carbonyl (C=O) groups excluding carboxylic acids is 2. The van der Waals surface area contributed by atoms with E-state index in [0.29, 0.717) is 42.0 Å². The zero-order chi connectivity index (χ0) is 22.9. The molecule has 0 saturated carbocycles. The number of aldehydes is 2. The number of anilines is 1. The Morgan fingerprint density at radius 1 is 1.25 bits per heavy atom. The summed E-state index contributed by atoms with van der Waals surface area (Å²) in [5, 5.41) is 6.31. The molecule has 2 aromatic rings. The highest BCUT2D eigenvalue weighted by atomic mass is 32.2. The SMILES string of the molecule is CCSCCC(C=O)NCCc1ccc2c(c1)CO/C2=C(/C=O)c1cc(F)ccc1NC. The van der Waals surface area contributed by atoms with Crippen LogP contribution < -0.4 is 10.6 Å². The van der Waals surface area contributed by atoms with Crippen molar-refractivity contribution < 1.29 is 18.7 Å². The molecular formula is C25H29FN2O3S. The van der Waals surface area contributed by atoms with Crippen molar-refractivity contribution in [3.8, 4) is 0 Å². The molecule has 0 fully saturated rings. The van der Waals surface area contributed by atoms with Gasteiger partial charge in [0.25, 0.3) is 0 Å². The molecule has 0 aromatic heterocycles. The molecule has 5 nitrogen and oxygen atoms in total. The molecule has 3 rings (SSSR count). The minimum absolute atomic E-state index is 0.121. The first kappa shape index (κ1) is 24.0. The van der Waals surface area contributed by atoms with Crippen LogP contribution in [0.4, 0.5) is 10.1 Å². The normalized spacial score (nSPS) is 15.0. The highest BCUT2D eigenvalue weighted by Gasteiger charge is 2.24. The molecule has 1 heterocycles. The molecule has 1 unspecified atom stereocenters. The van der Waals surface area contributed by atoms with Crippen LogP contribution in [0.5, 0.6) is 0 Å². The van der Waals surface area contributed by atoms with Gasteiger partial charge < -0.3 is 20.2 Å². The molecule has 0 saturated heterocycles. The lowest BCUT2D eigenvalue weighted by atomic mass is 9.97. The Balaban J connectivity index is 1.74. The van der Waals surface area contributed by atoms with Crippen molar-refractivity contribution in [2.24, 2.45) is 0 Å². The summed E-state index contributed by atoms with van der Waals surface area (Å²) in [4.78, 5) is 23.2. The van der Waals surface area contributed by atoms with E-state index in [9.17, 15) is 14.0 Å². The summed E-state index contributed by atoms with van der Waals surface area (Å²) in [6, 6.07) is 10.2. The number of hydrogen-bond acceptors (Lipinski definition) is 6. The maximum Gasteiger partial charge on any atom is 0.154 e. The second-order valence-corrected chi connectivity index (χ2v) is 8.91. The van der Waals surface area contributed by atoms with Crippen LogP contribution in [0.15, 0.2) is 36.4 Å². The number of hydrogen-bond donors (Lipinski definition) is 2. The Labute approximate surface area is 192 Å². The van der Waals surface area contributed by atoms with Gasteiger partial charge in [-0.25, -0.2) is 4.39 Å². The molecule has 0 aliphatic carbocycles. The van der Waals surface area contributed by atoms with E-state index in [2.05, 4.69) is 23.6 Å². The predicted molar refractivity (Wildman–Crippen MR) is 129 cm³/mol. The maximum absolute atomic E-state index is 13.9. The van der Waals surface area contributed by atoms with Crippen molar-refractivity contribution in [3.05, 3.63) is 64.5 Å². The van der Waals surface area contributed by atoms with Crippen LogP contribution in [-0.4, -0.2) is 43.7 Å². The number of rotatable bonds is 12. The van der Waals surface area contributed by atoms with Gasteiger partial charge >= 0.3 is 0 Å². The number of halogens is 1. The summed E-state index contributed by atoms with van der Waals surface area (Å²) in [5.74, 6) is 2.08. The molecule has 1 aliphatic rings. The highest BCUT2D eigenvalue weighted by molar-refractivity contribution is 7.99. The first-order valence-corrected chi connectivity index (χ1v) is 11.9. The average molecular weight is 457 g/mol. The molecule has 32 heavy (non-hydrogen) atoms. The van der Waals surface area contributed by atoms with E-state index in [1.807, 2.05) is 23.9 Å². The van der Waals surface area contributed by atoms with Crippen LogP contribution in [0, 0.1) is 5.82 Å². The van der Waals surface area contributed by atoms with E-state index in [1.165, 1.54) is 12.1 Å². The molecule has 1 aliphatic heterocycles. The Morgan fingerprint density at radius 3 is 2.81 bits per heavy atom. The average Bonchev–Trinajstić information content (AvgIpc) is 3.22. The third kappa shape index (κ3) is 5.78. The Morgan fingerprint density at radius 2 is 2.09 bits per heavy atom. The summed E-state index contributed by atoms with van der Waals surface area (Å²) in [6.45, 7) is 3.18. The maximum atomic E-state index is 13.9. The van der Waals surface area contributed by atoms with Crippen molar-refractivity contribution in [1.29, 1.82) is 0 Å². The van der Waals surface area contributed by atoms with E-state index in [-0.39, 0.29) is 6.04 Å². The fourth-order valence-corrected chi connectivity index (χ4v) is 4.47.